The second-order valence-electron chi connectivity index (χ2n) is 4.61. The van der Waals surface area contributed by atoms with Crippen LogP contribution in [0, 0.1) is 11.6 Å². The van der Waals surface area contributed by atoms with Gasteiger partial charge in [0, 0.05) is 25.1 Å². The molecule has 0 bridgehead atoms. The minimum atomic E-state index is -0.539. The van der Waals surface area contributed by atoms with Gasteiger partial charge in [-0.1, -0.05) is 6.07 Å². The zero-order valence-electron chi connectivity index (χ0n) is 9.83. The minimum absolute atomic E-state index is 0.0475. The van der Waals surface area contributed by atoms with Crippen molar-refractivity contribution < 1.29 is 8.78 Å². The van der Waals surface area contributed by atoms with Gasteiger partial charge in [-0.05, 0) is 37.6 Å². The molecule has 1 saturated heterocycles. The van der Waals surface area contributed by atoms with Crippen molar-refractivity contribution in [3.8, 4) is 0 Å². The molecule has 1 unspecified atom stereocenters. The second kappa shape index (κ2) is 5.56. The van der Waals surface area contributed by atoms with Gasteiger partial charge in [0.05, 0.1) is 0 Å². The van der Waals surface area contributed by atoms with Gasteiger partial charge in [0.25, 0.3) is 0 Å². The van der Waals surface area contributed by atoms with Gasteiger partial charge in [0.2, 0.25) is 0 Å². The van der Waals surface area contributed by atoms with Crippen LogP contribution in [0.2, 0.25) is 0 Å². The Balaban J connectivity index is 2.10. The summed E-state index contributed by atoms with van der Waals surface area (Å²) in [6, 6.07) is 3.74. The third-order valence-electron chi connectivity index (χ3n) is 3.36. The largest absolute Gasteiger partial charge is 0.330 e. The van der Waals surface area contributed by atoms with Gasteiger partial charge >= 0.3 is 0 Å². The van der Waals surface area contributed by atoms with Crippen LogP contribution in [-0.4, -0.2) is 31.1 Å². The van der Waals surface area contributed by atoms with Crippen LogP contribution in [0.1, 0.15) is 24.3 Å². The third-order valence-corrected chi connectivity index (χ3v) is 3.36. The maximum atomic E-state index is 13.6. The van der Waals surface area contributed by atoms with Gasteiger partial charge in [-0.2, -0.15) is 0 Å². The Bertz CT molecular complexity index is 376. The number of nitrogens with two attached hydrogens (primary N) is 1. The lowest BCUT2D eigenvalue weighted by molar-refractivity contribution is 0.312. The Morgan fingerprint density at radius 2 is 1.94 bits per heavy atom. The fraction of sp³-hybridized carbons (Fsp3) is 0.538. The highest BCUT2D eigenvalue weighted by Gasteiger charge is 2.20. The fourth-order valence-corrected chi connectivity index (χ4v) is 2.41. The van der Waals surface area contributed by atoms with E-state index in [1.165, 1.54) is 25.0 Å². The average Bonchev–Trinajstić information content (AvgIpc) is 2.79. The predicted octanol–water partition coefficient (Wildman–Crippen LogP) is 2.10. The Hall–Kier alpha value is -1.00. The van der Waals surface area contributed by atoms with Gasteiger partial charge in [-0.3, -0.25) is 0 Å². The lowest BCUT2D eigenvalue weighted by atomic mass is 9.98. The SMILES string of the molecule is NCC(CN1CCCC1)c1ccc(F)cc1F. The molecule has 0 radical (unpaired) electrons. The lowest BCUT2D eigenvalue weighted by Crippen LogP contribution is -2.30. The summed E-state index contributed by atoms with van der Waals surface area (Å²) in [6.07, 6.45) is 2.40. The molecule has 1 aromatic rings. The third kappa shape index (κ3) is 3.01. The van der Waals surface area contributed by atoms with Crippen molar-refractivity contribution in [2.24, 2.45) is 5.73 Å². The molecular formula is C13H18F2N2. The number of hydrogen-bond donors (Lipinski definition) is 1. The fourth-order valence-electron chi connectivity index (χ4n) is 2.41. The van der Waals surface area contributed by atoms with Crippen molar-refractivity contribution in [1.29, 1.82) is 0 Å². The van der Waals surface area contributed by atoms with Crippen LogP contribution in [0.25, 0.3) is 0 Å². The summed E-state index contributed by atoms with van der Waals surface area (Å²) in [5.41, 5.74) is 6.23. The van der Waals surface area contributed by atoms with Crippen LogP contribution in [0.4, 0.5) is 8.78 Å². The zero-order chi connectivity index (χ0) is 12.3. The first-order valence-electron chi connectivity index (χ1n) is 6.08. The van der Waals surface area contributed by atoms with Gasteiger partial charge < -0.3 is 10.6 Å². The molecule has 2 N–H and O–H groups in total. The molecule has 94 valence electrons. The highest BCUT2D eigenvalue weighted by molar-refractivity contribution is 5.23. The van der Waals surface area contributed by atoms with E-state index in [9.17, 15) is 8.78 Å². The maximum absolute atomic E-state index is 13.6. The summed E-state index contributed by atoms with van der Waals surface area (Å²) >= 11 is 0. The van der Waals surface area contributed by atoms with E-state index >= 15 is 0 Å². The van der Waals surface area contributed by atoms with Crippen LogP contribution < -0.4 is 5.73 Å². The van der Waals surface area contributed by atoms with E-state index in [1.54, 1.807) is 0 Å². The maximum Gasteiger partial charge on any atom is 0.129 e. The highest BCUT2D eigenvalue weighted by atomic mass is 19.1. The van der Waals surface area contributed by atoms with E-state index in [0.717, 1.165) is 25.7 Å². The van der Waals surface area contributed by atoms with Crippen molar-refractivity contribution in [3.63, 3.8) is 0 Å². The van der Waals surface area contributed by atoms with Crippen LogP contribution in [0.3, 0.4) is 0 Å². The number of benzene rings is 1. The molecule has 2 rings (SSSR count). The van der Waals surface area contributed by atoms with Crippen molar-refractivity contribution in [3.05, 3.63) is 35.4 Å². The molecule has 2 nitrogen and oxygen atoms in total. The van der Waals surface area contributed by atoms with Gasteiger partial charge in [-0.15, -0.1) is 0 Å². The molecule has 0 aromatic heterocycles. The molecule has 1 aliphatic rings. The molecule has 17 heavy (non-hydrogen) atoms. The monoisotopic (exact) mass is 240 g/mol. The molecule has 0 amide bonds. The number of halogens is 2. The summed E-state index contributed by atoms with van der Waals surface area (Å²) in [4.78, 5) is 2.29. The number of likely N-dealkylation sites (tertiary alicyclic amines) is 1. The number of rotatable bonds is 4. The van der Waals surface area contributed by atoms with Gasteiger partial charge in [0.15, 0.2) is 0 Å². The van der Waals surface area contributed by atoms with Crippen molar-refractivity contribution in [2.75, 3.05) is 26.2 Å². The Kier molecular flexibility index (Phi) is 4.07. The predicted molar refractivity (Wildman–Crippen MR) is 63.8 cm³/mol. The van der Waals surface area contributed by atoms with Crippen molar-refractivity contribution in [2.45, 2.75) is 18.8 Å². The Labute approximate surface area is 100 Å². The van der Waals surface area contributed by atoms with E-state index in [2.05, 4.69) is 4.90 Å². The average molecular weight is 240 g/mol. The summed E-state index contributed by atoms with van der Waals surface area (Å²) in [6.45, 7) is 3.26. The Morgan fingerprint density at radius 3 is 2.53 bits per heavy atom. The van der Waals surface area contributed by atoms with Gasteiger partial charge in [-0.25, -0.2) is 8.78 Å². The van der Waals surface area contributed by atoms with Crippen LogP contribution in [0.5, 0.6) is 0 Å². The van der Waals surface area contributed by atoms with E-state index in [-0.39, 0.29) is 5.92 Å². The molecule has 1 heterocycles. The molecule has 1 aromatic carbocycles. The van der Waals surface area contributed by atoms with Crippen molar-refractivity contribution in [1.82, 2.24) is 4.90 Å². The second-order valence-corrected chi connectivity index (χ2v) is 4.61. The number of hydrogen-bond acceptors (Lipinski definition) is 2. The quantitative estimate of drug-likeness (QED) is 0.873. The first-order chi connectivity index (χ1) is 8.20. The van der Waals surface area contributed by atoms with E-state index < -0.39 is 11.6 Å². The van der Waals surface area contributed by atoms with E-state index in [4.69, 9.17) is 5.73 Å². The van der Waals surface area contributed by atoms with Crippen molar-refractivity contribution >= 4 is 0 Å². The van der Waals surface area contributed by atoms with Crippen LogP contribution >= 0.6 is 0 Å². The zero-order valence-corrected chi connectivity index (χ0v) is 9.83. The molecule has 1 aliphatic heterocycles. The topological polar surface area (TPSA) is 29.3 Å². The molecule has 0 saturated carbocycles. The smallest absolute Gasteiger partial charge is 0.129 e. The summed E-state index contributed by atoms with van der Waals surface area (Å²) in [5, 5.41) is 0. The van der Waals surface area contributed by atoms with E-state index in [1.807, 2.05) is 0 Å². The number of nitrogens with zero attached hydrogens (tertiary/aromatic N) is 1. The standard InChI is InChI=1S/C13H18F2N2/c14-11-3-4-12(13(15)7-11)10(8-16)9-17-5-1-2-6-17/h3-4,7,10H,1-2,5-6,8-9,16H2. The summed E-state index contributed by atoms with van der Waals surface area (Å²) in [5.74, 6) is -1.07. The van der Waals surface area contributed by atoms with Crippen LogP contribution in [-0.2, 0) is 0 Å². The Morgan fingerprint density at radius 1 is 1.24 bits per heavy atom. The first-order valence-corrected chi connectivity index (χ1v) is 6.08. The molecule has 0 aliphatic carbocycles. The molecule has 1 atom stereocenters. The normalized spacial score (nSPS) is 18.5. The molecular weight excluding hydrogens is 222 g/mol. The minimum Gasteiger partial charge on any atom is -0.330 e. The summed E-state index contributed by atoms with van der Waals surface area (Å²) in [7, 11) is 0. The van der Waals surface area contributed by atoms with Gasteiger partial charge in [0.1, 0.15) is 11.6 Å². The summed E-state index contributed by atoms with van der Waals surface area (Å²) < 4.78 is 26.5. The highest BCUT2D eigenvalue weighted by Crippen LogP contribution is 2.22. The molecule has 1 fully saturated rings. The first kappa shape index (κ1) is 12.5. The molecule has 4 heteroatoms. The lowest BCUT2D eigenvalue weighted by Gasteiger charge is -2.22. The van der Waals surface area contributed by atoms with Crippen LogP contribution in [0.15, 0.2) is 18.2 Å². The molecule has 0 spiro atoms. The van der Waals surface area contributed by atoms with E-state index in [0.29, 0.717) is 12.1 Å².